The molecule has 0 saturated carbocycles. The molecule has 0 saturated heterocycles. The molecule has 0 heterocycles. The molecule has 1 aliphatic carbocycles. The highest BCUT2D eigenvalue weighted by molar-refractivity contribution is 6.74. The molecule has 0 unspecified atom stereocenters. The molecule has 0 aromatic heterocycles. The van der Waals surface area contributed by atoms with Crippen LogP contribution in [0.4, 0.5) is 0 Å². The monoisotopic (exact) mass is 340 g/mol. The van der Waals surface area contributed by atoms with Gasteiger partial charge in [0.15, 0.2) is 14.1 Å². The van der Waals surface area contributed by atoms with E-state index in [9.17, 15) is 9.59 Å². The fourth-order valence-corrected chi connectivity index (χ4v) is 3.52. The van der Waals surface area contributed by atoms with Crippen molar-refractivity contribution in [2.75, 3.05) is 13.2 Å². The number of Topliss-reactive ketones (excluding diaryl/α,β-unsaturated/α-hetero) is 1. The number of carbonyl (C=O) groups is 2. The predicted molar refractivity (Wildman–Crippen MR) is 94.8 cm³/mol. The van der Waals surface area contributed by atoms with Gasteiger partial charge in [-0.3, -0.25) is 4.79 Å². The molecule has 0 aromatic carbocycles. The topological polar surface area (TPSA) is 52.6 Å². The quantitative estimate of drug-likeness (QED) is 0.535. The molecule has 0 N–H and O–H groups in total. The summed E-state index contributed by atoms with van der Waals surface area (Å²) in [7, 11) is -1.85. The van der Waals surface area contributed by atoms with E-state index in [1.54, 1.807) is 6.92 Å². The number of hydrogen-bond donors (Lipinski definition) is 0. The molecular formula is C18H32O4Si. The molecule has 0 atom stereocenters. The molecule has 0 spiro atoms. The Morgan fingerprint density at radius 1 is 1.26 bits per heavy atom. The molecule has 0 aromatic rings. The van der Waals surface area contributed by atoms with E-state index in [0.717, 1.165) is 0 Å². The number of esters is 1. The van der Waals surface area contributed by atoms with Gasteiger partial charge in [-0.15, -0.1) is 0 Å². The number of ketones is 1. The minimum atomic E-state index is -1.85. The summed E-state index contributed by atoms with van der Waals surface area (Å²) < 4.78 is 11.3. The van der Waals surface area contributed by atoms with E-state index >= 15 is 0 Å². The summed E-state index contributed by atoms with van der Waals surface area (Å²) in [6.07, 6.45) is 0.947. The molecule has 132 valence electrons. The number of hydrogen-bond acceptors (Lipinski definition) is 4. The normalized spacial score (nSPS) is 18.5. The number of rotatable bonds is 6. The van der Waals surface area contributed by atoms with Crippen LogP contribution in [-0.4, -0.2) is 33.3 Å². The third kappa shape index (κ3) is 4.54. The van der Waals surface area contributed by atoms with Gasteiger partial charge >= 0.3 is 5.97 Å². The third-order valence-corrected chi connectivity index (χ3v) is 9.55. The lowest BCUT2D eigenvalue weighted by atomic mass is 9.87. The summed E-state index contributed by atoms with van der Waals surface area (Å²) >= 11 is 0. The van der Waals surface area contributed by atoms with Crippen LogP contribution in [0.5, 0.6) is 0 Å². The van der Waals surface area contributed by atoms with Crippen molar-refractivity contribution in [1.82, 2.24) is 0 Å². The van der Waals surface area contributed by atoms with Crippen molar-refractivity contribution in [3.63, 3.8) is 0 Å². The van der Waals surface area contributed by atoms with Crippen molar-refractivity contribution < 1.29 is 18.8 Å². The van der Waals surface area contributed by atoms with Gasteiger partial charge in [0.05, 0.1) is 6.61 Å². The summed E-state index contributed by atoms with van der Waals surface area (Å²) in [4.78, 5) is 24.7. The van der Waals surface area contributed by atoms with Crippen molar-refractivity contribution >= 4 is 20.1 Å². The molecule has 23 heavy (non-hydrogen) atoms. The Labute approximate surface area is 141 Å². The molecule has 4 nitrogen and oxygen atoms in total. The first-order chi connectivity index (χ1) is 10.3. The van der Waals surface area contributed by atoms with Crippen LogP contribution in [0.15, 0.2) is 11.1 Å². The molecule has 1 aliphatic rings. The van der Waals surface area contributed by atoms with Crippen molar-refractivity contribution in [1.29, 1.82) is 0 Å². The zero-order chi connectivity index (χ0) is 18.1. The minimum absolute atomic E-state index is 0.0550. The SMILES string of the molecule is CCOC(=O)C1=C(CCO[Si](C)(C)C(C)(C)C)C(=O)C(C)(C)C1. The standard InChI is InChI=1S/C18H32O4Si/c1-9-21-16(20)14-12-18(5,6)15(19)13(14)10-11-22-23(7,8)17(2,3)4/h9-12H2,1-8H3. The molecule has 1 rings (SSSR count). The summed E-state index contributed by atoms with van der Waals surface area (Å²) in [6, 6.07) is 0. The largest absolute Gasteiger partial charge is 0.463 e. The molecule has 0 amide bonds. The van der Waals surface area contributed by atoms with Gasteiger partial charge in [-0.2, -0.15) is 0 Å². The van der Waals surface area contributed by atoms with Crippen LogP contribution in [0.25, 0.3) is 0 Å². The van der Waals surface area contributed by atoms with Crippen LogP contribution >= 0.6 is 0 Å². The van der Waals surface area contributed by atoms with Crippen molar-refractivity contribution in [2.24, 2.45) is 5.41 Å². The first kappa shape index (κ1) is 20.1. The molecular weight excluding hydrogens is 308 g/mol. The Morgan fingerprint density at radius 3 is 2.30 bits per heavy atom. The van der Waals surface area contributed by atoms with Crippen molar-refractivity contribution in [3.8, 4) is 0 Å². The lowest BCUT2D eigenvalue weighted by Crippen LogP contribution is -2.41. The van der Waals surface area contributed by atoms with Crippen LogP contribution < -0.4 is 0 Å². The molecule has 0 bridgehead atoms. The second-order valence-electron chi connectivity index (χ2n) is 8.43. The molecule has 5 heteroatoms. The Kier molecular flexibility index (Phi) is 6.02. The summed E-state index contributed by atoms with van der Waals surface area (Å²) in [5, 5.41) is 0.129. The maximum absolute atomic E-state index is 12.6. The van der Waals surface area contributed by atoms with Crippen LogP contribution in [0.2, 0.25) is 18.1 Å². The van der Waals surface area contributed by atoms with E-state index in [1.165, 1.54) is 0 Å². The van der Waals surface area contributed by atoms with Gasteiger partial charge in [0.1, 0.15) is 0 Å². The van der Waals surface area contributed by atoms with E-state index in [-0.39, 0.29) is 16.8 Å². The van der Waals surface area contributed by atoms with E-state index in [4.69, 9.17) is 9.16 Å². The minimum Gasteiger partial charge on any atom is -0.463 e. The average molecular weight is 341 g/mol. The average Bonchev–Trinajstić information content (AvgIpc) is 2.61. The van der Waals surface area contributed by atoms with E-state index in [1.807, 2.05) is 13.8 Å². The molecule has 0 radical (unpaired) electrons. The lowest BCUT2D eigenvalue weighted by molar-refractivity contribution is -0.138. The smallest absolute Gasteiger partial charge is 0.334 e. The van der Waals surface area contributed by atoms with E-state index < -0.39 is 13.7 Å². The first-order valence-corrected chi connectivity index (χ1v) is 11.3. The number of carbonyl (C=O) groups excluding carboxylic acids is 2. The fourth-order valence-electron chi connectivity index (χ4n) is 2.48. The Bertz CT molecular complexity index is 510. The first-order valence-electron chi connectivity index (χ1n) is 8.41. The summed E-state index contributed by atoms with van der Waals surface area (Å²) in [5.41, 5.74) is 0.627. The molecule has 0 fully saturated rings. The van der Waals surface area contributed by atoms with Crippen molar-refractivity contribution in [2.45, 2.75) is 72.5 Å². The van der Waals surface area contributed by atoms with E-state index in [2.05, 4.69) is 33.9 Å². The van der Waals surface area contributed by atoms with Gasteiger partial charge in [-0.05, 0) is 37.9 Å². The second kappa shape index (κ2) is 6.89. The van der Waals surface area contributed by atoms with Crippen LogP contribution in [0.1, 0.15) is 54.4 Å². The lowest BCUT2D eigenvalue weighted by Gasteiger charge is -2.36. The fraction of sp³-hybridized carbons (Fsp3) is 0.778. The van der Waals surface area contributed by atoms with Gasteiger partial charge in [0.25, 0.3) is 0 Å². The van der Waals surface area contributed by atoms with E-state index in [0.29, 0.717) is 37.2 Å². The Morgan fingerprint density at radius 2 is 1.83 bits per heavy atom. The second-order valence-corrected chi connectivity index (χ2v) is 13.2. The van der Waals surface area contributed by atoms with Gasteiger partial charge in [0, 0.05) is 23.2 Å². The van der Waals surface area contributed by atoms with Gasteiger partial charge in [0.2, 0.25) is 0 Å². The maximum Gasteiger partial charge on any atom is 0.334 e. The highest BCUT2D eigenvalue weighted by Gasteiger charge is 2.42. The predicted octanol–water partition coefficient (Wildman–Crippen LogP) is 4.26. The molecule has 0 aliphatic heterocycles. The zero-order valence-electron chi connectivity index (χ0n) is 16.0. The summed E-state index contributed by atoms with van der Waals surface area (Å²) in [5.74, 6) is -0.298. The Balaban J connectivity index is 2.87. The van der Waals surface area contributed by atoms with Gasteiger partial charge < -0.3 is 9.16 Å². The summed E-state index contributed by atoms with van der Waals surface area (Å²) in [6.45, 7) is 17.3. The van der Waals surface area contributed by atoms with Crippen LogP contribution in [0, 0.1) is 5.41 Å². The third-order valence-electron chi connectivity index (χ3n) is 5.01. The number of ether oxygens (including phenoxy) is 1. The van der Waals surface area contributed by atoms with Gasteiger partial charge in [-0.1, -0.05) is 34.6 Å². The zero-order valence-corrected chi connectivity index (χ0v) is 17.0. The highest BCUT2D eigenvalue weighted by Crippen LogP contribution is 2.41. The van der Waals surface area contributed by atoms with Crippen LogP contribution in [0.3, 0.4) is 0 Å². The maximum atomic E-state index is 12.6. The van der Waals surface area contributed by atoms with Gasteiger partial charge in [-0.25, -0.2) is 4.79 Å². The Hall–Kier alpha value is -0.943. The highest BCUT2D eigenvalue weighted by atomic mass is 28.4. The van der Waals surface area contributed by atoms with Crippen LogP contribution in [-0.2, 0) is 18.8 Å². The van der Waals surface area contributed by atoms with Crippen molar-refractivity contribution in [3.05, 3.63) is 11.1 Å².